The van der Waals surface area contributed by atoms with E-state index in [-0.39, 0.29) is 11.5 Å². The van der Waals surface area contributed by atoms with Gasteiger partial charge in [-0.05, 0) is 36.1 Å². The molecule has 0 spiro atoms. The highest BCUT2D eigenvalue weighted by molar-refractivity contribution is 8.26. The Kier molecular flexibility index (Phi) is 6.43. The molecule has 1 aliphatic rings. The number of nitrogens with zero attached hydrogens (tertiary/aromatic N) is 3. The maximum Gasteiger partial charge on any atom is 0.267 e. The number of carbonyl (C=O) groups excluding carboxylic acids is 1. The van der Waals surface area contributed by atoms with Gasteiger partial charge in [0, 0.05) is 12.7 Å². The molecule has 0 unspecified atom stereocenters. The Morgan fingerprint density at radius 3 is 2.62 bits per heavy atom. The number of pyridine rings is 1. The third-order valence-corrected chi connectivity index (χ3v) is 6.39. The highest BCUT2D eigenvalue weighted by Crippen LogP contribution is 2.34. The number of fused-ring (bicyclic) bond motifs is 1. The van der Waals surface area contributed by atoms with Gasteiger partial charge in [0.15, 0.2) is 0 Å². The highest BCUT2D eigenvalue weighted by Gasteiger charge is 2.32. The molecule has 32 heavy (non-hydrogen) atoms. The second kappa shape index (κ2) is 9.26. The summed E-state index contributed by atoms with van der Waals surface area (Å²) in [5.74, 6) is 0.637. The van der Waals surface area contributed by atoms with Crippen LogP contribution in [0.2, 0.25) is 0 Å². The van der Waals surface area contributed by atoms with Gasteiger partial charge < -0.3 is 5.32 Å². The van der Waals surface area contributed by atoms with Gasteiger partial charge in [-0.1, -0.05) is 74.2 Å². The summed E-state index contributed by atoms with van der Waals surface area (Å²) in [5, 5.41) is 3.28. The SMILES string of the molecule is Cc1ccc2nc(NCC(C)C)c(/C=C3/SC(=S)N(Cc4ccccc4)C3=O)c(=O)n2c1. The van der Waals surface area contributed by atoms with Crippen LogP contribution in [0.1, 0.15) is 30.5 Å². The Morgan fingerprint density at radius 2 is 1.91 bits per heavy atom. The van der Waals surface area contributed by atoms with E-state index in [0.29, 0.717) is 45.3 Å². The number of rotatable bonds is 6. The van der Waals surface area contributed by atoms with Crippen molar-refractivity contribution < 1.29 is 4.79 Å². The average Bonchev–Trinajstić information content (AvgIpc) is 3.03. The fraction of sp³-hybridized carbons (Fsp3) is 0.250. The molecule has 0 aliphatic carbocycles. The van der Waals surface area contributed by atoms with Crippen molar-refractivity contribution in [2.24, 2.45) is 5.92 Å². The first-order valence-electron chi connectivity index (χ1n) is 10.4. The molecule has 0 saturated carbocycles. The lowest BCUT2D eigenvalue weighted by atomic mass is 10.2. The average molecular weight is 465 g/mol. The molecule has 0 atom stereocenters. The Hall–Kier alpha value is -2.97. The van der Waals surface area contributed by atoms with Crippen LogP contribution < -0.4 is 10.9 Å². The summed E-state index contributed by atoms with van der Waals surface area (Å²) in [4.78, 5) is 33.1. The molecule has 6 nitrogen and oxygen atoms in total. The van der Waals surface area contributed by atoms with Crippen molar-refractivity contribution in [3.63, 3.8) is 0 Å². The molecule has 4 rings (SSSR count). The predicted molar refractivity (Wildman–Crippen MR) is 135 cm³/mol. The summed E-state index contributed by atoms with van der Waals surface area (Å²) in [6.45, 7) is 7.14. The number of aromatic nitrogens is 2. The van der Waals surface area contributed by atoms with Crippen molar-refractivity contribution >= 4 is 51.7 Å². The zero-order valence-corrected chi connectivity index (χ0v) is 19.8. The molecule has 1 aliphatic heterocycles. The summed E-state index contributed by atoms with van der Waals surface area (Å²) in [6.07, 6.45) is 3.38. The Morgan fingerprint density at radius 1 is 1.16 bits per heavy atom. The number of anilines is 1. The maximum absolute atomic E-state index is 13.4. The fourth-order valence-electron chi connectivity index (χ4n) is 3.36. The van der Waals surface area contributed by atoms with Crippen LogP contribution in [0.3, 0.4) is 0 Å². The number of carbonyl (C=O) groups is 1. The number of aryl methyl sites for hydroxylation is 1. The summed E-state index contributed by atoms with van der Waals surface area (Å²) >= 11 is 6.68. The van der Waals surface area contributed by atoms with Gasteiger partial charge in [0.05, 0.1) is 17.0 Å². The Bertz CT molecular complexity index is 1280. The monoisotopic (exact) mass is 464 g/mol. The fourth-order valence-corrected chi connectivity index (χ4v) is 4.59. The normalized spacial score (nSPS) is 15.4. The Labute approximate surface area is 196 Å². The lowest BCUT2D eigenvalue weighted by molar-refractivity contribution is -0.122. The van der Waals surface area contributed by atoms with Crippen molar-refractivity contribution in [3.8, 4) is 0 Å². The van der Waals surface area contributed by atoms with E-state index >= 15 is 0 Å². The first kappa shape index (κ1) is 22.2. The number of benzene rings is 1. The van der Waals surface area contributed by atoms with E-state index in [0.717, 1.165) is 11.1 Å². The van der Waals surface area contributed by atoms with Gasteiger partial charge in [-0.2, -0.15) is 0 Å². The van der Waals surface area contributed by atoms with Crippen LogP contribution in [0.4, 0.5) is 5.82 Å². The van der Waals surface area contributed by atoms with Crippen LogP contribution in [0.5, 0.6) is 0 Å². The van der Waals surface area contributed by atoms with Crippen LogP contribution in [-0.4, -0.2) is 31.1 Å². The van der Waals surface area contributed by atoms with Gasteiger partial charge in [-0.15, -0.1) is 0 Å². The standard InChI is InChI=1S/C24H24N4O2S2/c1-15(2)12-25-21-18(22(29)27-13-16(3)9-10-20(27)26-21)11-19-23(30)28(24(31)32-19)14-17-7-5-4-6-8-17/h4-11,13,15,25H,12,14H2,1-3H3/b19-11+. The van der Waals surface area contributed by atoms with E-state index in [1.54, 1.807) is 17.2 Å². The number of nitrogens with one attached hydrogen (secondary N) is 1. The number of amides is 1. The second-order valence-corrected chi connectivity index (χ2v) is 9.82. The number of thiocarbonyl (C=S) groups is 1. The zero-order chi connectivity index (χ0) is 22.8. The lowest BCUT2D eigenvalue weighted by Crippen LogP contribution is -2.27. The smallest absolute Gasteiger partial charge is 0.267 e. The molecule has 1 amide bonds. The molecule has 164 valence electrons. The van der Waals surface area contributed by atoms with Crippen LogP contribution in [0, 0.1) is 12.8 Å². The van der Waals surface area contributed by atoms with Gasteiger partial charge in [-0.3, -0.25) is 18.9 Å². The van der Waals surface area contributed by atoms with E-state index in [9.17, 15) is 9.59 Å². The molecule has 1 saturated heterocycles. The molecule has 3 heterocycles. The van der Waals surface area contributed by atoms with Crippen LogP contribution >= 0.6 is 24.0 Å². The molecule has 2 aromatic heterocycles. The summed E-state index contributed by atoms with van der Waals surface area (Å²) < 4.78 is 2.00. The molecule has 0 radical (unpaired) electrons. The summed E-state index contributed by atoms with van der Waals surface area (Å²) in [7, 11) is 0. The number of hydrogen-bond donors (Lipinski definition) is 1. The molecule has 1 N–H and O–H groups in total. The minimum Gasteiger partial charge on any atom is -0.369 e. The third kappa shape index (κ3) is 4.61. The van der Waals surface area contributed by atoms with Gasteiger partial charge in [0.1, 0.15) is 15.8 Å². The molecular formula is C24H24N4O2S2. The van der Waals surface area contributed by atoms with E-state index in [2.05, 4.69) is 24.1 Å². The van der Waals surface area contributed by atoms with Crippen molar-refractivity contribution in [1.29, 1.82) is 0 Å². The van der Waals surface area contributed by atoms with Crippen molar-refractivity contribution in [3.05, 3.63) is 80.6 Å². The van der Waals surface area contributed by atoms with Gasteiger partial charge >= 0.3 is 0 Å². The topological polar surface area (TPSA) is 66.7 Å². The first-order chi connectivity index (χ1) is 15.3. The van der Waals surface area contributed by atoms with E-state index in [1.165, 1.54) is 16.2 Å². The largest absolute Gasteiger partial charge is 0.369 e. The summed E-state index contributed by atoms with van der Waals surface area (Å²) in [5.41, 5.74) is 2.63. The number of thioether (sulfide) groups is 1. The molecule has 1 aromatic carbocycles. The van der Waals surface area contributed by atoms with Gasteiger partial charge in [0.25, 0.3) is 11.5 Å². The summed E-state index contributed by atoms with van der Waals surface area (Å²) in [6, 6.07) is 13.4. The Balaban J connectivity index is 1.75. The van der Waals surface area contributed by atoms with Crippen LogP contribution in [-0.2, 0) is 11.3 Å². The highest BCUT2D eigenvalue weighted by atomic mass is 32.2. The van der Waals surface area contributed by atoms with Crippen molar-refractivity contribution in [2.75, 3.05) is 11.9 Å². The van der Waals surface area contributed by atoms with E-state index < -0.39 is 0 Å². The molecular weight excluding hydrogens is 440 g/mol. The molecule has 3 aromatic rings. The minimum absolute atomic E-state index is 0.201. The quantitative estimate of drug-likeness (QED) is 0.429. The third-order valence-electron chi connectivity index (χ3n) is 5.02. The molecule has 8 heteroatoms. The van der Waals surface area contributed by atoms with Crippen molar-refractivity contribution in [1.82, 2.24) is 14.3 Å². The first-order valence-corrected chi connectivity index (χ1v) is 11.6. The van der Waals surface area contributed by atoms with Gasteiger partial charge in [0.2, 0.25) is 0 Å². The van der Waals surface area contributed by atoms with E-state index in [1.807, 2.05) is 49.4 Å². The van der Waals surface area contributed by atoms with Gasteiger partial charge in [-0.25, -0.2) is 4.98 Å². The van der Waals surface area contributed by atoms with E-state index in [4.69, 9.17) is 12.2 Å². The maximum atomic E-state index is 13.4. The number of hydrogen-bond acceptors (Lipinski definition) is 6. The van der Waals surface area contributed by atoms with Crippen molar-refractivity contribution in [2.45, 2.75) is 27.3 Å². The van der Waals surface area contributed by atoms with Crippen LogP contribution in [0.25, 0.3) is 11.7 Å². The molecule has 1 fully saturated rings. The zero-order valence-electron chi connectivity index (χ0n) is 18.2. The lowest BCUT2D eigenvalue weighted by Gasteiger charge is -2.14. The second-order valence-electron chi connectivity index (χ2n) is 8.14. The van der Waals surface area contributed by atoms with Crippen LogP contribution in [0.15, 0.2) is 58.4 Å². The predicted octanol–water partition coefficient (Wildman–Crippen LogP) is 4.47. The minimum atomic E-state index is -0.224. The molecule has 0 bridgehead atoms.